The summed E-state index contributed by atoms with van der Waals surface area (Å²) in [5.74, 6) is 1.36. The van der Waals surface area contributed by atoms with Gasteiger partial charge in [0.05, 0.1) is 0 Å². The van der Waals surface area contributed by atoms with Gasteiger partial charge in [0.2, 0.25) is 5.91 Å². The Hall–Kier alpha value is -0.240. The number of halogens is 1. The lowest BCUT2D eigenvalue weighted by atomic mass is 9.93. The average Bonchev–Trinajstić information content (AvgIpc) is 2.81. The van der Waals surface area contributed by atoms with Gasteiger partial charge >= 0.3 is 0 Å². The molecular formula is C13H22ClNO. The molecule has 3 heteroatoms. The second-order valence-corrected chi connectivity index (χ2v) is 6.01. The van der Waals surface area contributed by atoms with Gasteiger partial charge in [-0.25, -0.2) is 0 Å². The molecule has 1 amide bonds. The maximum Gasteiger partial charge on any atom is 0.225 e. The van der Waals surface area contributed by atoms with E-state index in [-0.39, 0.29) is 5.38 Å². The number of nitrogens with zero attached hydrogens (tertiary/aromatic N) is 1. The van der Waals surface area contributed by atoms with Crippen LogP contribution in [0.3, 0.4) is 0 Å². The molecule has 1 heterocycles. The highest BCUT2D eigenvalue weighted by atomic mass is 35.5. The van der Waals surface area contributed by atoms with Crippen molar-refractivity contribution in [2.75, 3.05) is 13.1 Å². The summed E-state index contributed by atoms with van der Waals surface area (Å²) in [6, 6.07) is 0. The van der Waals surface area contributed by atoms with Crippen LogP contribution in [-0.4, -0.2) is 29.3 Å². The van der Waals surface area contributed by atoms with Crippen molar-refractivity contribution in [1.82, 2.24) is 4.90 Å². The van der Waals surface area contributed by atoms with Crippen LogP contribution in [0, 0.1) is 11.8 Å². The van der Waals surface area contributed by atoms with Crippen LogP contribution in [0.25, 0.3) is 0 Å². The molecular weight excluding hydrogens is 222 g/mol. The van der Waals surface area contributed by atoms with Gasteiger partial charge in [0.1, 0.15) is 0 Å². The van der Waals surface area contributed by atoms with Gasteiger partial charge < -0.3 is 4.90 Å². The van der Waals surface area contributed by atoms with Crippen molar-refractivity contribution in [2.24, 2.45) is 11.8 Å². The quantitative estimate of drug-likeness (QED) is 0.683. The molecule has 1 saturated heterocycles. The van der Waals surface area contributed by atoms with E-state index in [1.165, 1.54) is 12.8 Å². The van der Waals surface area contributed by atoms with Crippen molar-refractivity contribution in [3.05, 3.63) is 0 Å². The number of amides is 1. The number of carbonyl (C=O) groups is 1. The maximum atomic E-state index is 12.2. The number of likely N-dealkylation sites (tertiary alicyclic amines) is 1. The van der Waals surface area contributed by atoms with Crippen LogP contribution in [0.15, 0.2) is 0 Å². The fourth-order valence-electron chi connectivity index (χ4n) is 3.01. The Kier molecular flexibility index (Phi) is 4.12. The molecule has 16 heavy (non-hydrogen) atoms. The highest BCUT2D eigenvalue weighted by Crippen LogP contribution is 2.29. The standard InChI is InChI=1S/C13H22ClNO/c1-10(14)11-6-8-15(9-7-11)13(16)12-4-2-3-5-12/h10-12H,2-9H2,1H3. The zero-order valence-corrected chi connectivity index (χ0v) is 10.9. The molecule has 0 bridgehead atoms. The lowest BCUT2D eigenvalue weighted by Crippen LogP contribution is -2.42. The SMILES string of the molecule is CC(Cl)C1CCN(C(=O)C2CCCC2)CC1. The first kappa shape index (κ1) is 12.2. The van der Waals surface area contributed by atoms with Gasteiger partial charge in [0.15, 0.2) is 0 Å². The molecule has 2 nitrogen and oxygen atoms in total. The predicted octanol–water partition coefficient (Wildman–Crippen LogP) is 3.04. The largest absolute Gasteiger partial charge is 0.342 e. The second-order valence-electron chi connectivity index (χ2n) is 5.32. The van der Waals surface area contributed by atoms with Crippen molar-refractivity contribution in [2.45, 2.75) is 50.8 Å². The lowest BCUT2D eigenvalue weighted by Gasteiger charge is -2.34. The van der Waals surface area contributed by atoms with E-state index in [1.807, 2.05) is 0 Å². The average molecular weight is 244 g/mol. The van der Waals surface area contributed by atoms with Gasteiger partial charge in [-0.15, -0.1) is 11.6 Å². The smallest absolute Gasteiger partial charge is 0.225 e. The molecule has 1 aliphatic carbocycles. The normalized spacial score (nSPS) is 26.0. The summed E-state index contributed by atoms with van der Waals surface area (Å²) in [5, 5.41) is 0.253. The number of alkyl halides is 1. The van der Waals surface area contributed by atoms with E-state index in [2.05, 4.69) is 11.8 Å². The number of hydrogen-bond donors (Lipinski definition) is 0. The first-order chi connectivity index (χ1) is 7.68. The van der Waals surface area contributed by atoms with Gasteiger partial charge in [0.25, 0.3) is 0 Å². The lowest BCUT2D eigenvalue weighted by molar-refractivity contribution is -0.136. The molecule has 2 fully saturated rings. The Morgan fingerprint density at radius 1 is 1.19 bits per heavy atom. The Balaban J connectivity index is 1.81. The van der Waals surface area contributed by atoms with E-state index in [0.717, 1.165) is 38.8 Å². The first-order valence-corrected chi connectivity index (χ1v) is 7.05. The fraction of sp³-hybridized carbons (Fsp3) is 0.923. The Labute approximate surface area is 103 Å². The molecule has 1 atom stereocenters. The number of hydrogen-bond acceptors (Lipinski definition) is 1. The molecule has 2 aliphatic rings. The monoisotopic (exact) mass is 243 g/mol. The summed E-state index contributed by atoms with van der Waals surface area (Å²) in [6.07, 6.45) is 6.89. The molecule has 1 aliphatic heterocycles. The van der Waals surface area contributed by atoms with E-state index < -0.39 is 0 Å². The molecule has 1 unspecified atom stereocenters. The van der Waals surface area contributed by atoms with E-state index in [0.29, 0.717) is 17.7 Å². The summed E-state index contributed by atoms with van der Waals surface area (Å²) >= 11 is 6.11. The third kappa shape index (κ3) is 2.71. The first-order valence-electron chi connectivity index (χ1n) is 6.61. The van der Waals surface area contributed by atoms with Crippen LogP contribution in [0.1, 0.15) is 45.4 Å². The van der Waals surface area contributed by atoms with Gasteiger partial charge in [-0.2, -0.15) is 0 Å². The molecule has 0 radical (unpaired) electrons. The van der Waals surface area contributed by atoms with E-state index in [9.17, 15) is 4.79 Å². The third-order valence-electron chi connectivity index (χ3n) is 4.21. The van der Waals surface area contributed by atoms with Gasteiger partial charge in [-0.1, -0.05) is 12.8 Å². The summed E-state index contributed by atoms with van der Waals surface area (Å²) < 4.78 is 0. The second kappa shape index (κ2) is 5.39. The van der Waals surface area contributed by atoms with Crippen molar-refractivity contribution in [3.8, 4) is 0 Å². The minimum atomic E-state index is 0.253. The molecule has 0 aromatic rings. The minimum absolute atomic E-state index is 0.253. The molecule has 0 aromatic heterocycles. The van der Waals surface area contributed by atoms with Crippen LogP contribution in [0.4, 0.5) is 0 Å². The van der Waals surface area contributed by atoms with Crippen LogP contribution in [-0.2, 0) is 4.79 Å². The Morgan fingerprint density at radius 2 is 1.75 bits per heavy atom. The van der Waals surface area contributed by atoms with E-state index in [4.69, 9.17) is 11.6 Å². The highest BCUT2D eigenvalue weighted by molar-refractivity contribution is 6.20. The summed E-state index contributed by atoms with van der Waals surface area (Å²) in [5.41, 5.74) is 0. The Morgan fingerprint density at radius 3 is 2.25 bits per heavy atom. The van der Waals surface area contributed by atoms with E-state index in [1.54, 1.807) is 0 Å². The van der Waals surface area contributed by atoms with Crippen LogP contribution < -0.4 is 0 Å². The number of carbonyl (C=O) groups excluding carboxylic acids is 1. The highest BCUT2D eigenvalue weighted by Gasteiger charge is 2.30. The fourth-order valence-corrected chi connectivity index (χ4v) is 3.26. The van der Waals surface area contributed by atoms with Crippen LogP contribution in [0.5, 0.6) is 0 Å². The van der Waals surface area contributed by atoms with Crippen molar-refractivity contribution in [1.29, 1.82) is 0 Å². The summed E-state index contributed by atoms with van der Waals surface area (Å²) in [6.45, 7) is 3.93. The molecule has 0 spiro atoms. The van der Waals surface area contributed by atoms with Gasteiger partial charge in [0, 0.05) is 24.4 Å². The molecule has 0 N–H and O–H groups in total. The third-order valence-corrected chi connectivity index (χ3v) is 4.56. The van der Waals surface area contributed by atoms with Crippen molar-refractivity contribution < 1.29 is 4.79 Å². The van der Waals surface area contributed by atoms with Crippen LogP contribution >= 0.6 is 11.6 Å². The maximum absolute atomic E-state index is 12.2. The van der Waals surface area contributed by atoms with E-state index >= 15 is 0 Å². The van der Waals surface area contributed by atoms with Crippen molar-refractivity contribution >= 4 is 17.5 Å². The Bertz CT molecular complexity index is 240. The molecule has 0 aromatic carbocycles. The molecule has 2 rings (SSSR count). The summed E-state index contributed by atoms with van der Waals surface area (Å²) in [7, 11) is 0. The van der Waals surface area contributed by atoms with Crippen LogP contribution in [0.2, 0.25) is 0 Å². The zero-order chi connectivity index (χ0) is 11.5. The zero-order valence-electron chi connectivity index (χ0n) is 10.1. The summed E-state index contributed by atoms with van der Waals surface area (Å²) in [4.78, 5) is 14.2. The number of piperidine rings is 1. The van der Waals surface area contributed by atoms with Gasteiger partial charge in [-0.3, -0.25) is 4.79 Å². The van der Waals surface area contributed by atoms with Gasteiger partial charge in [-0.05, 0) is 38.5 Å². The molecule has 92 valence electrons. The molecule has 1 saturated carbocycles. The topological polar surface area (TPSA) is 20.3 Å². The minimum Gasteiger partial charge on any atom is -0.342 e. The van der Waals surface area contributed by atoms with Crippen molar-refractivity contribution in [3.63, 3.8) is 0 Å². The predicted molar refractivity (Wildman–Crippen MR) is 66.6 cm³/mol. The number of rotatable bonds is 2.